The summed E-state index contributed by atoms with van der Waals surface area (Å²) in [4.78, 5) is 35.0. The van der Waals surface area contributed by atoms with Gasteiger partial charge in [-0.1, -0.05) is 30.3 Å². The second-order valence-corrected chi connectivity index (χ2v) is 4.78. The third-order valence-electron chi connectivity index (χ3n) is 3.41. The minimum atomic E-state index is -0.723. The van der Waals surface area contributed by atoms with Crippen molar-refractivity contribution in [3.8, 4) is 0 Å². The lowest BCUT2D eigenvalue weighted by Crippen LogP contribution is -2.27. The van der Waals surface area contributed by atoms with Gasteiger partial charge in [-0.2, -0.15) is 0 Å². The van der Waals surface area contributed by atoms with Gasteiger partial charge in [-0.25, -0.2) is 0 Å². The SMILES string of the molecule is COC(=O)C1CC(=O)C[C@@H]1C(=O)OCc1ccccc1. The molecule has 1 aromatic carbocycles. The molecule has 0 aromatic heterocycles. The van der Waals surface area contributed by atoms with Crippen LogP contribution in [0.2, 0.25) is 0 Å². The number of ketones is 1. The first kappa shape index (κ1) is 14.2. The first-order valence-corrected chi connectivity index (χ1v) is 6.42. The Balaban J connectivity index is 1.97. The highest BCUT2D eigenvalue weighted by molar-refractivity contribution is 5.95. The number of hydrogen-bond donors (Lipinski definition) is 0. The molecule has 0 N–H and O–H groups in total. The van der Waals surface area contributed by atoms with E-state index in [2.05, 4.69) is 4.74 Å². The van der Waals surface area contributed by atoms with Gasteiger partial charge in [0.2, 0.25) is 0 Å². The molecule has 0 aliphatic heterocycles. The highest BCUT2D eigenvalue weighted by Gasteiger charge is 2.43. The summed E-state index contributed by atoms with van der Waals surface area (Å²) in [5.74, 6) is -2.59. The standard InChI is InChI=1S/C15H16O5/c1-19-14(17)12-7-11(16)8-13(12)15(18)20-9-10-5-3-2-4-6-10/h2-6,12-13H,7-9H2,1H3/t12?,13-/m0/s1. The Morgan fingerprint density at radius 2 is 1.70 bits per heavy atom. The summed E-state index contributed by atoms with van der Waals surface area (Å²) in [6.07, 6.45) is 0.102. The minimum absolute atomic E-state index is 0.0490. The van der Waals surface area contributed by atoms with Crippen LogP contribution in [0.4, 0.5) is 0 Å². The fourth-order valence-electron chi connectivity index (χ4n) is 2.34. The predicted molar refractivity (Wildman–Crippen MR) is 69.5 cm³/mol. The molecule has 2 rings (SSSR count). The Kier molecular flexibility index (Phi) is 4.50. The largest absolute Gasteiger partial charge is 0.469 e. The summed E-state index contributed by atoms with van der Waals surface area (Å²) in [7, 11) is 1.25. The zero-order valence-corrected chi connectivity index (χ0v) is 11.2. The number of rotatable bonds is 4. The van der Waals surface area contributed by atoms with E-state index in [0.29, 0.717) is 0 Å². The van der Waals surface area contributed by atoms with Gasteiger partial charge >= 0.3 is 11.9 Å². The Morgan fingerprint density at radius 1 is 1.10 bits per heavy atom. The Bertz CT molecular complexity index is 508. The van der Waals surface area contributed by atoms with E-state index in [9.17, 15) is 14.4 Å². The number of hydrogen-bond acceptors (Lipinski definition) is 5. The summed E-state index contributed by atoms with van der Waals surface area (Å²) in [6.45, 7) is 0.137. The average Bonchev–Trinajstić information content (AvgIpc) is 2.87. The lowest BCUT2D eigenvalue weighted by atomic mass is 9.96. The van der Waals surface area contributed by atoms with Crippen LogP contribution in [0.15, 0.2) is 30.3 Å². The van der Waals surface area contributed by atoms with Crippen molar-refractivity contribution >= 4 is 17.7 Å². The van der Waals surface area contributed by atoms with Crippen LogP contribution in [-0.4, -0.2) is 24.8 Å². The molecule has 20 heavy (non-hydrogen) atoms. The summed E-state index contributed by atoms with van der Waals surface area (Å²) in [5.41, 5.74) is 0.861. The Labute approximate surface area is 116 Å². The molecular weight excluding hydrogens is 260 g/mol. The number of benzene rings is 1. The van der Waals surface area contributed by atoms with E-state index < -0.39 is 23.8 Å². The maximum absolute atomic E-state index is 12.0. The first-order chi connectivity index (χ1) is 9.61. The number of ether oxygens (including phenoxy) is 2. The predicted octanol–water partition coefficient (Wildman–Crippen LogP) is 1.50. The minimum Gasteiger partial charge on any atom is -0.469 e. The van der Waals surface area contributed by atoms with Crippen molar-refractivity contribution in [2.75, 3.05) is 7.11 Å². The molecule has 0 saturated heterocycles. The molecule has 1 fully saturated rings. The van der Waals surface area contributed by atoms with E-state index >= 15 is 0 Å². The van der Waals surface area contributed by atoms with E-state index in [1.54, 1.807) is 0 Å². The molecule has 0 amide bonds. The summed E-state index contributed by atoms with van der Waals surface area (Å²) >= 11 is 0. The molecule has 1 aliphatic rings. The number of Topliss-reactive ketones (excluding diaryl/α,β-unsaturated/α-hetero) is 1. The van der Waals surface area contributed by atoms with Crippen LogP contribution in [-0.2, 0) is 30.5 Å². The lowest BCUT2D eigenvalue weighted by molar-refractivity contribution is -0.158. The number of methoxy groups -OCH3 is 1. The maximum atomic E-state index is 12.0. The summed E-state index contributed by atoms with van der Waals surface area (Å²) in [5, 5.41) is 0. The van der Waals surface area contributed by atoms with E-state index in [-0.39, 0.29) is 25.2 Å². The molecule has 5 heteroatoms. The van der Waals surface area contributed by atoms with Gasteiger partial charge in [-0.05, 0) is 5.56 Å². The molecule has 0 spiro atoms. The number of esters is 2. The van der Waals surface area contributed by atoms with Crippen molar-refractivity contribution in [2.45, 2.75) is 19.4 Å². The van der Waals surface area contributed by atoms with Crippen LogP contribution in [0.25, 0.3) is 0 Å². The van der Waals surface area contributed by atoms with Gasteiger partial charge in [0.1, 0.15) is 12.4 Å². The first-order valence-electron chi connectivity index (χ1n) is 6.42. The van der Waals surface area contributed by atoms with Gasteiger partial charge in [0.15, 0.2) is 0 Å². The Hall–Kier alpha value is -2.17. The third kappa shape index (κ3) is 3.23. The van der Waals surface area contributed by atoms with Gasteiger partial charge in [0.05, 0.1) is 18.9 Å². The summed E-state index contributed by atoms with van der Waals surface area (Å²) in [6, 6.07) is 9.24. The van der Waals surface area contributed by atoms with E-state index in [1.807, 2.05) is 30.3 Å². The van der Waals surface area contributed by atoms with Crippen LogP contribution < -0.4 is 0 Å². The van der Waals surface area contributed by atoms with Gasteiger partial charge in [0, 0.05) is 12.8 Å². The van der Waals surface area contributed by atoms with Crippen molar-refractivity contribution in [1.82, 2.24) is 0 Å². The van der Waals surface area contributed by atoms with Crippen LogP contribution in [0.5, 0.6) is 0 Å². The lowest BCUT2D eigenvalue weighted by Gasteiger charge is -2.15. The van der Waals surface area contributed by atoms with Crippen molar-refractivity contribution in [2.24, 2.45) is 11.8 Å². The Morgan fingerprint density at radius 3 is 2.30 bits per heavy atom. The average molecular weight is 276 g/mol. The zero-order valence-electron chi connectivity index (χ0n) is 11.2. The molecule has 0 heterocycles. The monoisotopic (exact) mass is 276 g/mol. The molecule has 1 saturated carbocycles. The maximum Gasteiger partial charge on any atom is 0.310 e. The van der Waals surface area contributed by atoms with E-state index in [4.69, 9.17) is 4.74 Å². The van der Waals surface area contributed by atoms with Crippen LogP contribution in [0, 0.1) is 11.8 Å². The van der Waals surface area contributed by atoms with Gasteiger partial charge in [0.25, 0.3) is 0 Å². The molecule has 1 aromatic rings. The zero-order chi connectivity index (χ0) is 14.5. The smallest absolute Gasteiger partial charge is 0.310 e. The fourth-order valence-corrected chi connectivity index (χ4v) is 2.34. The molecular formula is C15H16O5. The van der Waals surface area contributed by atoms with Crippen molar-refractivity contribution in [3.05, 3.63) is 35.9 Å². The van der Waals surface area contributed by atoms with E-state index in [0.717, 1.165) is 5.56 Å². The van der Waals surface area contributed by atoms with Crippen molar-refractivity contribution in [3.63, 3.8) is 0 Å². The van der Waals surface area contributed by atoms with Crippen LogP contribution >= 0.6 is 0 Å². The quantitative estimate of drug-likeness (QED) is 0.779. The summed E-state index contributed by atoms with van der Waals surface area (Å²) < 4.78 is 9.81. The number of carbonyl (C=O) groups is 3. The van der Waals surface area contributed by atoms with Crippen molar-refractivity contribution < 1.29 is 23.9 Å². The van der Waals surface area contributed by atoms with Gasteiger partial charge < -0.3 is 9.47 Å². The second kappa shape index (κ2) is 6.32. The fraction of sp³-hybridized carbons (Fsp3) is 0.400. The molecule has 0 radical (unpaired) electrons. The number of carbonyl (C=O) groups excluding carboxylic acids is 3. The molecule has 5 nitrogen and oxygen atoms in total. The normalized spacial score (nSPS) is 21.6. The highest BCUT2D eigenvalue weighted by Crippen LogP contribution is 2.31. The van der Waals surface area contributed by atoms with Crippen molar-refractivity contribution in [1.29, 1.82) is 0 Å². The topological polar surface area (TPSA) is 69.7 Å². The second-order valence-electron chi connectivity index (χ2n) is 4.78. The molecule has 106 valence electrons. The molecule has 1 unspecified atom stereocenters. The van der Waals surface area contributed by atoms with Gasteiger partial charge in [-0.3, -0.25) is 14.4 Å². The van der Waals surface area contributed by atoms with Gasteiger partial charge in [-0.15, -0.1) is 0 Å². The van der Waals surface area contributed by atoms with E-state index in [1.165, 1.54) is 7.11 Å². The highest BCUT2D eigenvalue weighted by atomic mass is 16.5. The van der Waals surface area contributed by atoms with Crippen LogP contribution in [0.1, 0.15) is 18.4 Å². The molecule has 2 atom stereocenters. The molecule has 1 aliphatic carbocycles. The third-order valence-corrected chi connectivity index (χ3v) is 3.41. The van der Waals surface area contributed by atoms with Crippen LogP contribution in [0.3, 0.4) is 0 Å². The molecule has 0 bridgehead atoms.